The molecule has 28 heavy (non-hydrogen) atoms. The zero-order valence-corrected chi connectivity index (χ0v) is 16.2. The lowest BCUT2D eigenvalue weighted by molar-refractivity contribution is 0.0551. The molecule has 0 aromatic carbocycles. The molecule has 2 aliphatic rings. The molecule has 0 radical (unpaired) electrons. The van der Waals surface area contributed by atoms with E-state index in [4.69, 9.17) is 4.42 Å². The Balaban J connectivity index is 1.47. The van der Waals surface area contributed by atoms with Crippen LogP contribution in [-0.2, 0) is 0 Å². The molecule has 0 aliphatic carbocycles. The number of carbonyl (C=O) groups is 1. The van der Waals surface area contributed by atoms with E-state index in [1.165, 1.54) is 12.8 Å². The first kappa shape index (κ1) is 18.9. The van der Waals surface area contributed by atoms with Crippen LogP contribution in [0.2, 0.25) is 0 Å². The van der Waals surface area contributed by atoms with E-state index >= 15 is 0 Å². The van der Waals surface area contributed by atoms with Crippen LogP contribution in [-0.4, -0.2) is 51.8 Å². The molecule has 7 heteroatoms. The second kappa shape index (κ2) is 8.73. The SMILES string of the molecule is O=C(c1ccc(N2CCCC2)nn1)N1CCCCC[C@H]1C[C@@H](O)c1ccco1. The van der Waals surface area contributed by atoms with Crippen LogP contribution in [0.25, 0.3) is 0 Å². The number of nitrogens with zero attached hydrogens (tertiary/aromatic N) is 4. The Hall–Kier alpha value is -2.41. The number of hydrogen-bond acceptors (Lipinski definition) is 6. The molecule has 0 spiro atoms. The van der Waals surface area contributed by atoms with Gasteiger partial charge in [-0.25, -0.2) is 0 Å². The van der Waals surface area contributed by atoms with E-state index in [1.54, 1.807) is 24.5 Å². The molecule has 2 aromatic rings. The van der Waals surface area contributed by atoms with E-state index in [0.717, 1.165) is 44.6 Å². The van der Waals surface area contributed by atoms with Crippen LogP contribution in [0.4, 0.5) is 5.82 Å². The van der Waals surface area contributed by atoms with Crippen molar-refractivity contribution < 1.29 is 14.3 Å². The summed E-state index contributed by atoms with van der Waals surface area (Å²) in [5, 5.41) is 19.0. The summed E-state index contributed by atoms with van der Waals surface area (Å²) in [6, 6.07) is 7.20. The minimum atomic E-state index is -0.711. The quantitative estimate of drug-likeness (QED) is 0.853. The topological polar surface area (TPSA) is 82.7 Å². The number of furan rings is 1. The fourth-order valence-electron chi connectivity index (χ4n) is 4.25. The van der Waals surface area contributed by atoms with Crippen molar-refractivity contribution in [2.75, 3.05) is 24.5 Å². The maximum absolute atomic E-state index is 13.2. The van der Waals surface area contributed by atoms with Crippen molar-refractivity contribution in [3.05, 3.63) is 42.0 Å². The van der Waals surface area contributed by atoms with Crippen molar-refractivity contribution in [1.82, 2.24) is 15.1 Å². The second-order valence-corrected chi connectivity index (χ2v) is 7.74. The van der Waals surface area contributed by atoms with Gasteiger partial charge in [-0.3, -0.25) is 4.79 Å². The fourth-order valence-corrected chi connectivity index (χ4v) is 4.25. The number of rotatable bonds is 5. The Bertz CT molecular complexity index is 756. The minimum absolute atomic E-state index is 0.0323. The number of aliphatic hydroxyl groups excluding tert-OH is 1. The van der Waals surface area contributed by atoms with Gasteiger partial charge in [-0.05, 0) is 49.9 Å². The monoisotopic (exact) mass is 384 g/mol. The van der Waals surface area contributed by atoms with Gasteiger partial charge in [-0.2, -0.15) is 0 Å². The van der Waals surface area contributed by atoms with Crippen molar-refractivity contribution in [1.29, 1.82) is 0 Å². The second-order valence-electron chi connectivity index (χ2n) is 7.74. The standard InChI is InChI=1S/C21H28N4O3/c26-18(19-8-6-14-28-19)15-16-7-2-1-3-13-25(16)21(27)17-9-10-20(23-22-17)24-11-4-5-12-24/h6,8-10,14,16,18,26H,1-5,7,11-13,15H2/t16-,18+/m0/s1. The van der Waals surface area contributed by atoms with Gasteiger partial charge in [-0.1, -0.05) is 12.8 Å². The first-order valence-electron chi connectivity index (χ1n) is 10.3. The number of likely N-dealkylation sites (tertiary alicyclic amines) is 1. The Morgan fingerprint density at radius 3 is 2.64 bits per heavy atom. The van der Waals surface area contributed by atoms with Crippen LogP contribution in [0.5, 0.6) is 0 Å². The van der Waals surface area contributed by atoms with Gasteiger partial charge in [0.1, 0.15) is 11.9 Å². The molecule has 2 saturated heterocycles. The van der Waals surface area contributed by atoms with E-state index in [1.807, 2.05) is 11.0 Å². The van der Waals surface area contributed by atoms with Crippen LogP contribution < -0.4 is 4.90 Å². The van der Waals surface area contributed by atoms with Gasteiger partial charge in [0.25, 0.3) is 5.91 Å². The maximum Gasteiger partial charge on any atom is 0.274 e. The van der Waals surface area contributed by atoms with Gasteiger partial charge in [0.15, 0.2) is 11.5 Å². The van der Waals surface area contributed by atoms with E-state index < -0.39 is 6.10 Å². The molecule has 4 rings (SSSR count). The summed E-state index contributed by atoms with van der Waals surface area (Å²) in [6.45, 7) is 2.69. The molecule has 2 fully saturated rings. The number of anilines is 1. The van der Waals surface area contributed by atoms with Crippen LogP contribution in [0.1, 0.15) is 67.3 Å². The first-order chi connectivity index (χ1) is 13.7. The molecule has 0 saturated carbocycles. The van der Waals surface area contributed by atoms with E-state index in [2.05, 4.69) is 15.1 Å². The van der Waals surface area contributed by atoms with Crippen molar-refractivity contribution in [2.24, 2.45) is 0 Å². The zero-order valence-electron chi connectivity index (χ0n) is 16.2. The summed E-state index contributed by atoms with van der Waals surface area (Å²) < 4.78 is 5.33. The molecule has 2 aromatic heterocycles. The summed E-state index contributed by atoms with van der Waals surface area (Å²) in [7, 11) is 0. The average molecular weight is 384 g/mol. The fraction of sp³-hybridized carbons (Fsp3) is 0.571. The summed E-state index contributed by atoms with van der Waals surface area (Å²) in [5.41, 5.74) is 0.377. The highest BCUT2D eigenvalue weighted by molar-refractivity contribution is 5.92. The summed E-state index contributed by atoms with van der Waals surface area (Å²) in [4.78, 5) is 17.2. The van der Waals surface area contributed by atoms with E-state index in [0.29, 0.717) is 24.4 Å². The summed E-state index contributed by atoms with van der Waals surface area (Å²) in [5.74, 6) is 1.29. The Morgan fingerprint density at radius 1 is 1.11 bits per heavy atom. The molecule has 1 N–H and O–H groups in total. The third kappa shape index (κ3) is 4.19. The molecule has 2 atom stereocenters. The largest absolute Gasteiger partial charge is 0.467 e. The van der Waals surface area contributed by atoms with E-state index in [-0.39, 0.29) is 11.9 Å². The molecule has 1 amide bonds. The third-order valence-corrected chi connectivity index (χ3v) is 5.80. The number of carbonyl (C=O) groups excluding carboxylic acids is 1. The van der Waals surface area contributed by atoms with Crippen molar-refractivity contribution >= 4 is 11.7 Å². The molecular weight excluding hydrogens is 356 g/mol. The van der Waals surface area contributed by atoms with Gasteiger partial charge in [0.05, 0.1) is 6.26 Å². The predicted molar refractivity (Wildman–Crippen MR) is 105 cm³/mol. The van der Waals surface area contributed by atoms with Gasteiger partial charge in [0.2, 0.25) is 0 Å². The molecule has 7 nitrogen and oxygen atoms in total. The molecule has 150 valence electrons. The smallest absolute Gasteiger partial charge is 0.274 e. The van der Waals surface area contributed by atoms with Gasteiger partial charge < -0.3 is 19.3 Å². The highest BCUT2D eigenvalue weighted by atomic mass is 16.4. The normalized spacial score (nSPS) is 21.5. The molecule has 0 bridgehead atoms. The van der Waals surface area contributed by atoms with Crippen LogP contribution in [0.3, 0.4) is 0 Å². The molecule has 0 unspecified atom stereocenters. The summed E-state index contributed by atoms with van der Waals surface area (Å²) >= 11 is 0. The van der Waals surface area contributed by atoms with Crippen molar-refractivity contribution in [3.8, 4) is 0 Å². The number of hydrogen-bond donors (Lipinski definition) is 1. The lowest BCUT2D eigenvalue weighted by Crippen LogP contribution is -2.41. The van der Waals surface area contributed by atoms with Crippen LogP contribution >= 0.6 is 0 Å². The lowest BCUT2D eigenvalue weighted by Gasteiger charge is -2.31. The molecular formula is C21H28N4O3. The van der Waals surface area contributed by atoms with E-state index in [9.17, 15) is 9.90 Å². The Morgan fingerprint density at radius 2 is 1.93 bits per heavy atom. The lowest BCUT2D eigenvalue weighted by atomic mass is 10.0. The first-order valence-corrected chi connectivity index (χ1v) is 10.3. The predicted octanol–water partition coefficient (Wildman–Crippen LogP) is 3.18. The highest BCUT2D eigenvalue weighted by Gasteiger charge is 2.30. The maximum atomic E-state index is 13.2. The molecule has 4 heterocycles. The van der Waals surface area contributed by atoms with Gasteiger partial charge in [-0.15, -0.1) is 10.2 Å². The van der Waals surface area contributed by atoms with Crippen molar-refractivity contribution in [2.45, 2.75) is 57.1 Å². The Kier molecular flexibility index (Phi) is 5.90. The zero-order chi connectivity index (χ0) is 19.3. The Labute approximate surface area is 165 Å². The summed E-state index contributed by atoms with van der Waals surface area (Å²) in [6.07, 6.45) is 7.67. The van der Waals surface area contributed by atoms with Gasteiger partial charge in [0, 0.05) is 32.1 Å². The van der Waals surface area contributed by atoms with Crippen molar-refractivity contribution in [3.63, 3.8) is 0 Å². The number of amides is 1. The molecule has 2 aliphatic heterocycles. The number of aliphatic hydroxyl groups is 1. The number of aromatic nitrogens is 2. The minimum Gasteiger partial charge on any atom is -0.467 e. The van der Waals surface area contributed by atoms with Crippen LogP contribution in [0.15, 0.2) is 34.9 Å². The van der Waals surface area contributed by atoms with Crippen LogP contribution in [0, 0.1) is 0 Å². The third-order valence-electron chi connectivity index (χ3n) is 5.80. The van der Waals surface area contributed by atoms with Gasteiger partial charge >= 0.3 is 0 Å². The average Bonchev–Trinajstić information content (AvgIpc) is 3.40. The highest BCUT2D eigenvalue weighted by Crippen LogP contribution is 2.28.